The maximum Gasteiger partial charge on any atom is 0.243 e. The van der Waals surface area contributed by atoms with Gasteiger partial charge in [0.15, 0.2) is 5.78 Å². The minimum atomic E-state index is -0.993. The second-order valence-electron chi connectivity index (χ2n) is 11.5. The zero-order valence-corrected chi connectivity index (χ0v) is 24.5. The van der Waals surface area contributed by atoms with Crippen LogP contribution in [0.25, 0.3) is 0 Å². The molecule has 1 aliphatic carbocycles. The zero-order valence-electron chi connectivity index (χ0n) is 24.5. The molecule has 2 saturated heterocycles. The third-order valence-electron chi connectivity index (χ3n) is 8.17. The van der Waals surface area contributed by atoms with Crippen molar-refractivity contribution in [2.75, 3.05) is 46.6 Å². The van der Waals surface area contributed by atoms with Crippen LogP contribution in [0.1, 0.15) is 44.6 Å². The number of rotatable bonds is 14. The van der Waals surface area contributed by atoms with Gasteiger partial charge >= 0.3 is 0 Å². The lowest BCUT2D eigenvalue weighted by Gasteiger charge is -2.30. The van der Waals surface area contributed by atoms with E-state index in [0.29, 0.717) is 57.9 Å². The number of Topliss-reactive ketones (excluding diaryl/α,β-unsaturated/α-hetero) is 1. The Morgan fingerprint density at radius 1 is 0.976 bits per heavy atom. The van der Waals surface area contributed by atoms with Gasteiger partial charge in [0.1, 0.15) is 23.9 Å². The molecule has 12 nitrogen and oxygen atoms in total. The Balaban J connectivity index is 1.42. The van der Waals surface area contributed by atoms with Gasteiger partial charge in [0.2, 0.25) is 17.7 Å². The number of ketones is 1. The Morgan fingerprint density at radius 3 is 2.24 bits per heavy atom. The van der Waals surface area contributed by atoms with E-state index < -0.39 is 36.0 Å². The molecular weight excluding hydrogens is 544 g/mol. The Morgan fingerprint density at radius 2 is 1.62 bits per heavy atom. The summed E-state index contributed by atoms with van der Waals surface area (Å²) >= 11 is 0. The molecular formula is C30H44N4O8. The highest BCUT2D eigenvalue weighted by molar-refractivity contribution is 5.96. The standard InChI is InChI=1S/C30H44N4O8/c1-19(31-27(36)17-34-11-13-41-14-12-34)29(38)33-25(16-21-5-9-23(40-2)10-6-21)30(39)32-24(28(37)26-18-42-26)15-20-3-7-22(35)8-4-20/h5-6,9-10,19-20,22,24-26,35H,3-4,7-8,11-18H2,1-2H3,(H,31,36)(H,32,39)(H,33,38)/t19-,20?,22?,24-,25-,26+/m0/s1. The van der Waals surface area contributed by atoms with E-state index in [4.69, 9.17) is 14.2 Å². The summed E-state index contributed by atoms with van der Waals surface area (Å²) in [6, 6.07) is 4.54. The number of hydrogen-bond acceptors (Lipinski definition) is 9. The molecule has 3 fully saturated rings. The van der Waals surface area contributed by atoms with Crippen LogP contribution in [0.3, 0.4) is 0 Å². The summed E-state index contributed by atoms with van der Waals surface area (Å²) in [5.74, 6) is -0.600. The SMILES string of the molecule is COc1ccc(C[C@H](NC(=O)[C@H](C)NC(=O)CN2CCOCC2)C(=O)N[C@@H](CC2CCC(O)CC2)C(=O)[C@H]2CO2)cc1. The molecule has 3 aliphatic rings. The fraction of sp³-hybridized carbons (Fsp3) is 0.667. The smallest absolute Gasteiger partial charge is 0.243 e. The van der Waals surface area contributed by atoms with Crippen LogP contribution >= 0.6 is 0 Å². The average Bonchev–Trinajstić information content (AvgIpc) is 3.84. The number of hydrogen-bond donors (Lipinski definition) is 4. The average molecular weight is 589 g/mol. The Bertz CT molecular complexity index is 1070. The molecule has 0 unspecified atom stereocenters. The van der Waals surface area contributed by atoms with Crippen LogP contribution in [0.15, 0.2) is 24.3 Å². The van der Waals surface area contributed by atoms with E-state index in [0.717, 1.165) is 18.4 Å². The van der Waals surface area contributed by atoms with Crippen LogP contribution in [0.2, 0.25) is 0 Å². The second-order valence-corrected chi connectivity index (χ2v) is 11.5. The molecule has 232 valence electrons. The Hall–Kier alpha value is -3.06. The van der Waals surface area contributed by atoms with E-state index in [1.165, 1.54) is 0 Å². The van der Waals surface area contributed by atoms with Crippen LogP contribution in [0, 0.1) is 5.92 Å². The normalized spacial score (nSPS) is 24.5. The summed E-state index contributed by atoms with van der Waals surface area (Å²) in [5, 5.41) is 18.3. The van der Waals surface area contributed by atoms with E-state index in [-0.39, 0.29) is 36.7 Å². The molecule has 2 aliphatic heterocycles. The fourth-order valence-corrected chi connectivity index (χ4v) is 5.49. The molecule has 4 rings (SSSR count). The lowest BCUT2D eigenvalue weighted by atomic mass is 9.82. The van der Waals surface area contributed by atoms with Gasteiger partial charge in [-0.15, -0.1) is 0 Å². The van der Waals surface area contributed by atoms with Crippen molar-refractivity contribution in [2.24, 2.45) is 5.92 Å². The number of methoxy groups -OCH3 is 1. The fourth-order valence-electron chi connectivity index (χ4n) is 5.49. The highest BCUT2D eigenvalue weighted by atomic mass is 16.6. The summed E-state index contributed by atoms with van der Waals surface area (Å²) < 4.78 is 15.8. The summed E-state index contributed by atoms with van der Waals surface area (Å²) in [5.41, 5.74) is 0.787. The molecule has 0 radical (unpaired) electrons. The van der Waals surface area contributed by atoms with Crippen molar-refractivity contribution >= 4 is 23.5 Å². The summed E-state index contributed by atoms with van der Waals surface area (Å²) in [6.45, 7) is 4.47. The van der Waals surface area contributed by atoms with Gasteiger partial charge in [-0.3, -0.25) is 24.1 Å². The molecule has 12 heteroatoms. The summed E-state index contributed by atoms with van der Waals surface area (Å²) in [4.78, 5) is 54.5. The van der Waals surface area contributed by atoms with Crippen LogP contribution in [-0.2, 0) is 35.1 Å². The van der Waals surface area contributed by atoms with Gasteiger partial charge in [0.25, 0.3) is 0 Å². The quantitative estimate of drug-likeness (QED) is 0.219. The molecule has 0 aromatic heterocycles. The van der Waals surface area contributed by atoms with E-state index in [1.807, 2.05) is 17.0 Å². The van der Waals surface area contributed by atoms with Crippen molar-refractivity contribution in [1.82, 2.24) is 20.9 Å². The molecule has 3 amide bonds. The van der Waals surface area contributed by atoms with Crippen LogP contribution < -0.4 is 20.7 Å². The first kappa shape index (κ1) is 31.9. The first-order valence-electron chi connectivity index (χ1n) is 14.9. The number of morpholine rings is 1. The van der Waals surface area contributed by atoms with Crippen molar-refractivity contribution in [3.8, 4) is 5.75 Å². The maximum absolute atomic E-state index is 13.7. The van der Waals surface area contributed by atoms with Gasteiger partial charge in [0.05, 0.1) is 45.6 Å². The minimum Gasteiger partial charge on any atom is -0.497 e. The minimum absolute atomic E-state index is 0.155. The number of aliphatic hydroxyl groups excluding tert-OH is 1. The summed E-state index contributed by atoms with van der Waals surface area (Å²) in [6.07, 6.45) is 2.68. The van der Waals surface area contributed by atoms with Crippen molar-refractivity contribution in [3.63, 3.8) is 0 Å². The molecule has 0 spiro atoms. The van der Waals surface area contributed by atoms with Crippen molar-refractivity contribution in [3.05, 3.63) is 29.8 Å². The van der Waals surface area contributed by atoms with Crippen LogP contribution in [0.4, 0.5) is 0 Å². The Labute approximate surface area is 246 Å². The number of ether oxygens (including phenoxy) is 3. The van der Waals surface area contributed by atoms with Gasteiger partial charge < -0.3 is 35.3 Å². The molecule has 1 saturated carbocycles. The maximum atomic E-state index is 13.7. The van der Waals surface area contributed by atoms with Gasteiger partial charge in [-0.1, -0.05) is 12.1 Å². The number of benzene rings is 1. The van der Waals surface area contributed by atoms with Crippen molar-refractivity contribution in [2.45, 2.75) is 75.8 Å². The lowest BCUT2D eigenvalue weighted by Crippen LogP contribution is -2.57. The largest absolute Gasteiger partial charge is 0.497 e. The van der Waals surface area contributed by atoms with E-state index in [2.05, 4.69) is 16.0 Å². The second kappa shape index (κ2) is 15.4. The molecule has 2 heterocycles. The number of carbonyl (C=O) groups is 4. The number of nitrogens with one attached hydrogen (secondary N) is 3. The van der Waals surface area contributed by atoms with E-state index >= 15 is 0 Å². The monoisotopic (exact) mass is 588 g/mol. The highest BCUT2D eigenvalue weighted by Gasteiger charge is 2.39. The predicted molar refractivity (Wildman–Crippen MR) is 153 cm³/mol. The molecule has 1 aromatic rings. The molecule has 1 aromatic carbocycles. The highest BCUT2D eigenvalue weighted by Crippen LogP contribution is 2.29. The molecule has 4 atom stereocenters. The number of epoxide rings is 1. The zero-order chi connectivity index (χ0) is 30.1. The third kappa shape index (κ3) is 9.75. The predicted octanol–water partition coefficient (Wildman–Crippen LogP) is -0.0467. The Kier molecular flexibility index (Phi) is 11.7. The number of carbonyl (C=O) groups excluding carboxylic acids is 4. The number of aliphatic hydroxyl groups is 1. The van der Waals surface area contributed by atoms with Crippen LogP contribution in [0.5, 0.6) is 5.75 Å². The van der Waals surface area contributed by atoms with Gasteiger partial charge in [0, 0.05) is 19.5 Å². The molecule has 4 N–H and O–H groups in total. The van der Waals surface area contributed by atoms with Crippen molar-refractivity contribution < 1.29 is 38.5 Å². The van der Waals surface area contributed by atoms with Crippen molar-refractivity contribution in [1.29, 1.82) is 0 Å². The van der Waals surface area contributed by atoms with Crippen LogP contribution in [-0.4, -0.2) is 110 Å². The van der Waals surface area contributed by atoms with E-state index in [9.17, 15) is 24.3 Å². The summed E-state index contributed by atoms with van der Waals surface area (Å²) in [7, 11) is 1.56. The number of nitrogens with zero attached hydrogens (tertiary/aromatic N) is 1. The number of amides is 3. The lowest BCUT2D eigenvalue weighted by molar-refractivity contribution is -0.133. The van der Waals surface area contributed by atoms with E-state index in [1.54, 1.807) is 26.2 Å². The van der Waals surface area contributed by atoms with Gasteiger partial charge in [-0.05, 0) is 62.6 Å². The molecule has 42 heavy (non-hydrogen) atoms. The third-order valence-corrected chi connectivity index (χ3v) is 8.17. The van der Waals surface area contributed by atoms with Gasteiger partial charge in [-0.25, -0.2) is 0 Å². The molecule has 0 bridgehead atoms. The topological polar surface area (TPSA) is 159 Å². The first-order chi connectivity index (χ1) is 20.2. The van der Waals surface area contributed by atoms with Gasteiger partial charge in [-0.2, -0.15) is 0 Å². The first-order valence-corrected chi connectivity index (χ1v) is 14.9.